The molecule has 4 heteroatoms. The normalized spacial score (nSPS) is 25.7. The second-order valence-electron chi connectivity index (χ2n) is 4.15. The molecule has 15 heavy (non-hydrogen) atoms. The third-order valence-electron chi connectivity index (χ3n) is 2.75. The van der Waals surface area contributed by atoms with Crippen LogP contribution in [0.4, 0.5) is 0 Å². The van der Waals surface area contributed by atoms with Gasteiger partial charge in [0, 0.05) is 6.20 Å². The average molecular weight is 208 g/mol. The number of hydrogen-bond acceptors (Lipinski definition) is 3. The summed E-state index contributed by atoms with van der Waals surface area (Å²) in [5, 5.41) is 4.14. The van der Waals surface area contributed by atoms with Crippen LogP contribution in [0.15, 0.2) is 12.4 Å². The topological polar surface area (TPSA) is 44.1 Å². The lowest BCUT2D eigenvalue weighted by Gasteiger charge is -2.10. The Morgan fingerprint density at radius 2 is 2.47 bits per heavy atom. The second-order valence-corrected chi connectivity index (χ2v) is 4.15. The predicted octanol–water partition coefficient (Wildman–Crippen LogP) is 1.65. The maximum Gasteiger partial charge on any atom is 0.162 e. The Kier molecular flexibility index (Phi) is 2.86. The summed E-state index contributed by atoms with van der Waals surface area (Å²) < 4.78 is 7.48. The molecule has 0 aliphatic carbocycles. The van der Waals surface area contributed by atoms with E-state index in [0.717, 1.165) is 19.4 Å². The monoisotopic (exact) mass is 208 g/mol. The molecule has 0 radical (unpaired) electrons. The number of ether oxygens (including phenoxy) is 1. The standard InChI is InChI=1S/C11H16N2O2/c1-8-3-4-11(15-8)7-13-6-10(5-12-13)9(2)14/h5-6,8,11H,3-4,7H2,1-2H3. The van der Waals surface area contributed by atoms with Crippen molar-refractivity contribution in [3.63, 3.8) is 0 Å². The van der Waals surface area contributed by atoms with E-state index in [1.54, 1.807) is 24.0 Å². The Morgan fingerprint density at radius 3 is 3.00 bits per heavy atom. The molecule has 82 valence electrons. The van der Waals surface area contributed by atoms with Gasteiger partial charge in [-0.3, -0.25) is 9.48 Å². The molecule has 0 saturated carbocycles. The minimum atomic E-state index is 0.0574. The van der Waals surface area contributed by atoms with E-state index in [0.29, 0.717) is 11.7 Å². The average Bonchev–Trinajstić information content (AvgIpc) is 2.76. The molecule has 2 unspecified atom stereocenters. The summed E-state index contributed by atoms with van der Waals surface area (Å²) in [6.07, 6.45) is 6.20. The molecule has 1 aliphatic rings. The molecule has 0 N–H and O–H groups in total. The number of hydrogen-bond donors (Lipinski definition) is 0. The van der Waals surface area contributed by atoms with Crippen LogP contribution < -0.4 is 0 Å². The molecule has 1 aromatic rings. The zero-order valence-corrected chi connectivity index (χ0v) is 9.14. The molecule has 0 aromatic carbocycles. The first-order valence-corrected chi connectivity index (χ1v) is 5.34. The zero-order chi connectivity index (χ0) is 10.8. The highest BCUT2D eigenvalue weighted by atomic mass is 16.5. The Balaban J connectivity index is 1.96. The third kappa shape index (κ3) is 2.45. The van der Waals surface area contributed by atoms with Gasteiger partial charge in [0.1, 0.15) is 0 Å². The minimum Gasteiger partial charge on any atom is -0.373 e. The van der Waals surface area contributed by atoms with Crippen LogP contribution in [0.25, 0.3) is 0 Å². The Labute approximate surface area is 89.2 Å². The van der Waals surface area contributed by atoms with Crippen molar-refractivity contribution in [2.45, 2.75) is 45.4 Å². The van der Waals surface area contributed by atoms with Crippen molar-refractivity contribution in [3.05, 3.63) is 18.0 Å². The van der Waals surface area contributed by atoms with Gasteiger partial charge in [0.2, 0.25) is 0 Å². The molecule has 1 saturated heterocycles. The van der Waals surface area contributed by atoms with Gasteiger partial charge in [-0.15, -0.1) is 0 Å². The first-order chi connectivity index (χ1) is 7.15. The number of rotatable bonds is 3. The predicted molar refractivity (Wildman–Crippen MR) is 55.8 cm³/mol. The maximum absolute atomic E-state index is 11.1. The van der Waals surface area contributed by atoms with E-state index in [1.165, 1.54) is 0 Å². The molecule has 0 spiro atoms. The summed E-state index contributed by atoms with van der Waals surface area (Å²) in [5.74, 6) is 0.0574. The molecule has 0 amide bonds. The molecule has 1 fully saturated rings. The molecule has 2 atom stereocenters. The molecular weight excluding hydrogens is 192 g/mol. The van der Waals surface area contributed by atoms with E-state index in [1.807, 2.05) is 0 Å². The highest BCUT2D eigenvalue weighted by Crippen LogP contribution is 2.20. The van der Waals surface area contributed by atoms with Crippen molar-refractivity contribution in [1.29, 1.82) is 0 Å². The van der Waals surface area contributed by atoms with Gasteiger partial charge in [0.05, 0.1) is 30.5 Å². The number of carbonyl (C=O) groups is 1. The fourth-order valence-electron chi connectivity index (χ4n) is 1.87. The smallest absolute Gasteiger partial charge is 0.162 e. The van der Waals surface area contributed by atoms with E-state index in [-0.39, 0.29) is 11.9 Å². The molecule has 2 rings (SSSR count). The summed E-state index contributed by atoms with van der Waals surface area (Å²) in [6, 6.07) is 0. The Morgan fingerprint density at radius 1 is 1.67 bits per heavy atom. The Bertz CT molecular complexity index is 359. The first kappa shape index (κ1) is 10.4. The Hall–Kier alpha value is -1.16. The third-order valence-corrected chi connectivity index (χ3v) is 2.75. The van der Waals surface area contributed by atoms with Crippen molar-refractivity contribution >= 4 is 5.78 Å². The SMILES string of the molecule is CC(=O)c1cnn(CC2CCC(C)O2)c1. The molecule has 4 nitrogen and oxygen atoms in total. The van der Waals surface area contributed by atoms with Crippen molar-refractivity contribution in [1.82, 2.24) is 9.78 Å². The van der Waals surface area contributed by atoms with Crippen LogP contribution >= 0.6 is 0 Å². The van der Waals surface area contributed by atoms with Crippen molar-refractivity contribution in [2.75, 3.05) is 0 Å². The van der Waals surface area contributed by atoms with Gasteiger partial charge >= 0.3 is 0 Å². The lowest BCUT2D eigenvalue weighted by molar-refractivity contribution is 0.0437. The first-order valence-electron chi connectivity index (χ1n) is 5.34. The number of nitrogens with zero attached hydrogens (tertiary/aromatic N) is 2. The lowest BCUT2D eigenvalue weighted by Crippen LogP contribution is -2.16. The quantitative estimate of drug-likeness (QED) is 0.709. The van der Waals surface area contributed by atoms with Gasteiger partial charge in [0.25, 0.3) is 0 Å². The van der Waals surface area contributed by atoms with E-state index < -0.39 is 0 Å². The van der Waals surface area contributed by atoms with Crippen LogP contribution in [-0.2, 0) is 11.3 Å². The van der Waals surface area contributed by atoms with Gasteiger partial charge in [-0.2, -0.15) is 5.10 Å². The van der Waals surface area contributed by atoms with Crippen LogP contribution in [0.1, 0.15) is 37.0 Å². The number of ketones is 1. The molecule has 2 heterocycles. The summed E-state index contributed by atoms with van der Waals surface area (Å²) in [5.41, 5.74) is 0.668. The van der Waals surface area contributed by atoms with Gasteiger partial charge in [-0.05, 0) is 26.7 Å². The molecule has 1 aromatic heterocycles. The fourth-order valence-corrected chi connectivity index (χ4v) is 1.87. The summed E-state index contributed by atoms with van der Waals surface area (Å²) in [7, 11) is 0. The lowest BCUT2D eigenvalue weighted by atomic mass is 10.2. The van der Waals surface area contributed by atoms with Crippen molar-refractivity contribution < 1.29 is 9.53 Å². The highest BCUT2D eigenvalue weighted by molar-refractivity contribution is 5.93. The van der Waals surface area contributed by atoms with Crippen LogP contribution in [0.5, 0.6) is 0 Å². The summed E-state index contributed by atoms with van der Waals surface area (Å²) >= 11 is 0. The van der Waals surface area contributed by atoms with E-state index in [9.17, 15) is 4.79 Å². The highest BCUT2D eigenvalue weighted by Gasteiger charge is 2.22. The maximum atomic E-state index is 11.1. The van der Waals surface area contributed by atoms with E-state index in [2.05, 4.69) is 12.0 Å². The van der Waals surface area contributed by atoms with Gasteiger partial charge in [-0.25, -0.2) is 0 Å². The van der Waals surface area contributed by atoms with E-state index >= 15 is 0 Å². The number of Topliss-reactive ketones (excluding diaryl/α,β-unsaturated/α-hetero) is 1. The van der Waals surface area contributed by atoms with Gasteiger partial charge in [0.15, 0.2) is 5.78 Å². The fraction of sp³-hybridized carbons (Fsp3) is 0.636. The van der Waals surface area contributed by atoms with Crippen molar-refractivity contribution in [2.24, 2.45) is 0 Å². The van der Waals surface area contributed by atoms with Gasteiger partial charge in [-0.1, -0.05) is 0 Å². The minimum absolute atomic E-state index is 0.0574. The molecule has 0 bridgehead atoms. The van der Waals surface area contributed by atoms with Crippen LogP contribution in [0.2, 0.25) is 0 Å². The summed E-state index contributed by atoms with van der Waals surface area (Å²) in [4.78, 5) is 11.1. The van der Waals surface area contributed by atoms with Crippen LogP contribution in [-0.4, -0.2) is 27.8 Å². The number of carbonyl (C=O) groups excluding carboxylic acids is 1. The van der Waals surface area contributed by atoms with Crippen molar-refractivity contribution in [3.8, 4) is 0 Å². The molecule has 1 aliphatic heterocycles. The summed E-state index contributed by atoms with van der Waals surface area (Å²) in [6.45, 7) is 4.39. The zero-order valence-electron chi connectivity index (χ0n) is 9.14. The van der Waals surface area contributed by atoms with Gasteiger partial charge < -0.3 is 4.74 Å². The van der Waals surface area contributed by atoms with Crippen LogP contribution in [0.3, 0.4) is 0 Å². The molecular formula is C11H16N2O2. The second kappa shape index (κ2) is 4.14. The van der Waals surface area contributed by atoms with E-state index in [4.69, 9.17) is 4.74 Å². The van der Waals surface area contributed by atoms with Crippen LogP contribution in [0, 0.1) is 0 Å². The number of aromatic nitrogens is 2. The largest absolute Gasteiger partial charge is 0.373 e.